The van der Waals surface area contributed by atoms with E-state index in [1.807, 2.05) is 0 Å². The minimum atomic E-state index is 0.415. The van der Waals surface area contributed by atoms with Gasteiger partial charge in [0, 0.05) is 5.92 Å². The van der Waals surface area contributed by atoms with Crippen molar-refractivity contribution >= 4 is 6.29 Å². The van der Waals surface area contributed by atoms with Crippen molar-refractivity contribution in [1.29, 1.82) is 0 Å². The molecule has 0 aromatic rings. The van der Waals surface area contributed by atoms with E-state index in [0.29, 0.717) is 5.92 Å². The Labute approximate surface area is 117 Å². The van der Waals surface area contributed by atoms with Gasteiger partial charge in [0.05, 0.1) is 0 Å². The highest BCUT2D eigenvalue weighted by Crippen LogP contribution is 2.58. The molecule has 19 heavy (non-hydrogen) atoms. The summed E-state index contributed by atoms with van der Waals surface area (Å²) in [4.78, 5) is 11.1. The highest BCUT2D eigenvalue weighted by Gasteiger charge is 2.50. The topological polar surface area (TPSA) is 17.1 Å². The van der Waals surface area contributed by atoms with Crippen LogP contribution in [0.15, 0.2) is 0 Å². The lowest BCUT2D eigenvalue weighted by molar-refractivity contribution is -0.111. The Morgan fingerprint density at radius 1 is 0.632 bits per heavy atom. The van der Waals surface area contributed by atoms with Crippen molar-refractivity contribution < 1.29 is 4.79 Å². The Morgan fingerprint density at radius 2 is 1.37 bits per heavy atom. The van der Waals surface area contributed by atoms with E-state index in [9.17, 15) is 4.79 Å². The largest absolute Gasteiger partial charge is 0.303 e. The first kappa shape index (κ1) is 12.4. The van der Waals surface area contributed by atoms with Crippen molar-refractivity contribution in [1.82, 2.24) is 0 Å². The molecule has 0 aliphatic heterocycles. The molecule has 0 aromatic heterocycles. The summed E-state index contributed by atoms with van der Waals surface area (Å²) in [7, 11) is 0. The van der Waals surface area contributed by atoms with E-state index in [2.05, 4.69) is 0 Å². The van der Waals surface area contributed by atoms with Crippen molar-refractivity contribution in [3.63, 3.8) is 0 Å². The van der Waals surface area contributed by atoms with E-state index >= 15 is 0 Å². The summed E-state index contributed by atoms with van der Waals surface area (Å²) < 4.78 is 0. The van der Waals surface area contributed by atoms with Crippen LogP contribution in [0.5, 0.6) is 0 Å². The average Bonchev–Trinajstić information content (AvgIpc) is 2.90. The van der Waals surface area contributed by atoms with Gasteiger partial charge in [-0.2, -0.15) is 0 Å². The minimum Gasteiger partial charge on any atom is -0.303 e. The maximum Gasteiger partial charge on any atom is 0.123 e. The first-order valence-electron chi connectivity index (χ1n) is 8.82. The fourth-order valence-corrected chi connectivity index (χ4v) is 6.63. The lowest BCUT2D eigenvalue weighted by atomic mass is 9.54. The summed E-state index contributed by atoms with van der Waals surface area (Å²) >= 11 is 0. The van der Waals surface area contributed by atoms with Crippen molar-refractivity contribution in [2.75, 3.05) is 0 Å². The second-order valence-electron chi connectivity index (χ2n) is 7.98. The van der Waals surface area contributed by atoms with Gasteiger partial charge in [-0.1, -0.05) is 19.3 Å². The van der Waals surface area contributed by atoms with Crippen LogP contribution in [-0.2, 0) is 4.79 Å². The van der Waals surface area contributed by atoms with E-state index in [1.54, 1.807) is 0 Å². The fraction of sp³-hybridized carbons (Fsp3) is 0.944. The van der Waals surface area contributed by atoms with Crippen LogP contribution in [-0.4, -0.2) is 6.29 Å². The van der Waals surface area contributed by atoms with Crippen molar-refractivity contribution in [3.8, 4) is 0 Å². The quantitative estimate of drug-likeness (QED) is 0.636. The number of carbonyl (C=O) groups excluding carboxylic acids is 1. The molecule has 1 nitrogen and oxygen atoms in total. The summed E-state index contributed by atoms with van der Waals surface area (Å²) in [6.07, 6.45) is 15.7. The average molecular weight is 260 g/mol. The van der Waals surface area contributed by atoms with Crippen molar-refractivity contribution in [2.45, 2.75) is 64.2 Å². The third kappa shape index (κ3) is 1.99. The normalized spacial score (nSPS) is 52.9. The number of hydrogen-bond donors (Lipinski definition) is 0. The third-order valence-electron chi connectivity index (χ3n) is 7.34. The van der Waals surface area contributed by atoms with Gasteiger partial charge in [0.15, 0.2) is 0 Å². The SMILES string of the molecule is O=CC1C[C@H]2CC[C@H]3[C@@H](CCC4CCCC[C@@H]43)[C@@H]2C1. The van der Waals surface area contributed by atoms with Gasteiger partial charge < -0.3 is 4.79 Å². The molecular weight excluding hydrogens is 232 g/mol. The standard InChI is InChI=1S/C18H28O/c19-11-12-9-14-6-8-16-15-4-2-1-3-13(15)5-7-17(16)18(14)10-12/h11-18H,1-10H2/t12?,13?,14-,15+,16-,17-,18-/m1/s1. The zero-order valence-corrected chi connectivity index (χ0v) is 12.1. The van der Waals surface area contributed by atoms with E-state index < -0.39 is 0 Å². The first-order chi connectivity index (χ1) is 9.36. The number of aldehydes is 1. The lowest BCUT2D eigenvalue weighted by Crippen LogP contribution is -2.43. The Kier molecular flexibility index (Phi) is 3.20. The van der Waals surface area contributed by atoms with E-state index in [0.717, 1.165) is 35.5 Å². The Morgan fingerprint density at radius 3 is 2.21 bits per heavy atom. The monoisotopic (exact) mass is 260 g/mol. The molecule has 4 aliphatic rings. The van der Waals surface area contributed by atoms with Crippen LogP contribution >= 0.6 is 0 Å². The van der Waals surface area contributed by atoms with E-state index in [1.165, 1.54) is 70.5 Å². The predicted octanol–water partition coefficient (Wildman–Crippen LogP) is 4.45. The Hall–Kier alpha value is -0.330. The van der Waals surface area contributed by atoms with Crippen LogP contribution in [0.25, 0.3) is 0 Å². The molecule has 0 N–H and O–H groups in total. The van der Waals surface area contributed by atoms with Gasteiger partial charge in [0.1, 0.15) is 6.29 Å². The van der Waals surface area contributed by atoms with Crippen LogP contribution < -0.4 is 0 Å². The molecule has 0 bridgehead atoms. The lowest BCUT2D eigenvalue weighted by Gasteiger charge is -2.51. The van der Waals surface area contributed by atoms with Gasteiger partial charge in [-0.15, -0.1) is 0 Å². The summed E-state index contributed by atoms with van der Waals surface area (Å²) in [6, 6.07) is 0. The van der Waals surface area contributed by atoms with Crippen LogP contribution in [0.3, 0.4) is 0 Å². The van der Waals surface area contributed by atoms with Crippen molar-refractivity contribution in [3.05, 3.63) is 0 Å². The van der Waals surface area contributed by atoms with Crippen molar-refractivity contribution in [2.24, 2.45) is 41.4 Å². The van der Waals surface area contributed by atoms with Crippen LogP contribution in [0, 0.1) is 41.4 Å². The zero-order valence-electron chi connectivity index (χ0n) is 12.1. The molecule has 0 heterocycles. The van der Waals surface area contributed by atoms with Gasteiger partial charge in [0.2, 0.25) is 0 Å². The molecule has 0 aromatic carbocycles. The van der Waals surface area contributed by atoms with Crippen LogP contribution in [0.4, 0.5) is 0 Å². The van der Waals surface area contributed by atoms with Gasteiger partial charge in [-0.3, -0.25) is 0 Å². The van der Waals surface area contributed by atoms with Gasteiger partial charge in [0.25, 0.3) is 0 Å². The predicted molar refractivity (Wildman–Crippen MR) is 76.7 cm³/mol. The maximum absolute atomic E-state index is 11.1. The minimum absolute atomic E-state index is 0.415. The number of fused-ring (bicyclic) bond motifs is 5. The zero-order chi connectivity index (χ0) is 12.8. The molecule has 0 radical (unpaired) electrons. The third-order valence-corrected chi connectivity index (χ3v) is 7.34. The van der Waals surface area contributed by atoms with Crippen LogP contribution in [0.1, 0.15) is 64.2 Å². The maximum atomic E-state index is 11.1. The fourth-order valence-electron chi connectivity index (χ4n) is 6.63. The summed E-state index contributed by atoms with van der Waals surface area (Å²) in [6.45, 7) is 0. The number of carbonyl (C=O) groups is 1. The van der Waals surface area contributed by atoms with E-state index in [4.69, 9.17) is 0 Å². The molecule has 7 atom stereocenters. The molecule has 4 fully saturated rings. The smallest absolute Gasteiger partial charge is 0.123 e. The molecule has 1 heteroatoms. The molecule has 2 unspecified atom stereocenters. The molecular formula is C18H28O. The van der Waals surface area contributed by atoms with Crippen LogP contribution in [0.2, 0.25) is 0 Å². The van der Waals surface area contributed by atoms with Gasteiger partial charge in [-0.25, -0.2) is 0 Å². The van der Waals surface area contributed by atoms with Gasteiger partial charge >= 0.3 is 0 Å². The molecule has 0 saturated heterocycles. The molecule has 4 rings (SSSR count). The highest BCUT2D eigenvalue weighted by molar-refractivity contribution is 5.54. The highest BCUT2D eigenvalue weighted by atomic mass is 16.1. The Bertz CT molecular complexity index is 350. The number of rotatable bonds is 1. The molecule has 106 valence electrons. The summed E-state index contributed by atoms with van der Waals surface area (Å²) in [5, 5.41) is 0. The molecule has 0 amide bonds. The number of hydrogen-bond acceptors (Lipinski definition) is 1. The first-order valence-corrected chi connectivity index (χ1v) is 8.82. The second-order valence-corrected chi connectivity index (χ2v) is 7.98. The molecule has 4 aliphatic carbocycles. The molecule has 4 saturated carbocycles. The Balaban J connectivity index is 1.53. The second kappa shape index (κ2) is 4.90. The summed E-state index contributed by atoms with van der Waals surface area (Å²) in [5.74, 6) is 6.46. The van der Waals surface area contributed by atoms with Gasteiger partial charge in [-0.05, 0) is 80.5 Å². The summed E-state index contributed by atoms with van der Waals surface area (Å²) in [5.41, 5.74) is 0. The molecule has 0 spiro atoms. The van der Waals surface area contributed by atoms with E-state index in [-0.39, 0.29) is 0 Å².